The summed E-state index contributed by atoms with van der Waals surface area (Å²) in [6.45, 7) is 0.0830. The van der Waals surface area contributed by atoms with Crippen LogP contribution >= 0.6 is 0 Å². The molecule has 10 heteroatoms. The number of benzene rings is 1. The van der Waals surface area contributed by atoms with Crippen molar-refractivity contribution in [3.8, 4) is 0 Å². The van der Waals surface area contributed by atoms with Crippen LogP contribution in [0, 0.1) is 0 Å². The molecule has 3 heterocycles. The van der Waals surface area contributed by atoms with Crippen molar-refractivity contribution in [3.63, 3.8) is 0 Å². The van der Waals surface area contributed by atoms with Gasteiger partial charge in [0.2, 0.25) is 0 Å². The fourth-order valence-electron chi connectivity index (χ4n) is 3.25. The number of pyridine rings is 2. The molecule has 0 atom stereocenters. The van der Waals surface area contributed by atoms with Crippen molar-refractivity contribution in [3.05, 3.63) is 72.2 Å². The third kappa shape index (κ3) is 4.24. The predicted molar refractivity (Wildman–Crippen MR) is 117 cm³/mol. The van der Waals surface area contributed by atoms with Gasteiger partial charge in [0.25, 0.3) is 5.91 Å². The molecule has 1 aromatic carbocycles. The molecule has 4 aromatic rings. The van der Waals surface area contributed by atoms with Crippen LogP contribution in [-0.2, 0) is 23.4 Å². The van der Waals surface area contributed by atoms with Crippen LogP contribution in [0.1, 0.15) is 15.9 Å². The van der Waals surface area contributed by atoms with Crippen molar-refractivity contribution < 1.29 is 13.2 Å². The van der Waals surface area contributed by atoms with E-state index in [1.54, 1.807) is 31.4 Å². The Kier molecular flexibility index (Phi) is 5.15. The molecule has 0 saturated heterocycles. The number of hydrogen-bond acceptors (Lipinski definition) is 7. The number of hydrogen-bond donors (Lipinski definition) is 1. The molecule has 0 radical (unpaired) electrons. The van der Waals surface area contributed by atoms with Gasteiger partial charge in [-0.3, -0.25) is 19.4 Å². The first-order chi connectivity index (χ1) is 14.7. The predicted octanol–water partition coefficient (Wildman–Crippen LogP) is 2.20. The third-order valence-corrected chi connectivity index (χ3v) is 5.79. The summed E-state index contributed by atoms with van der Waals surface area (Å²) in [7, 11) is -2.02. The number of aromatic nitrogens is 4. The van der Waals surface area contributed by atoms with Gasteiger partial charge in [-0.15, -0.1) is 0 Å². The van der Waals surface area contributed by atoms with Gasteiger partial charge in [-0.05, 0) is 35.9 Å². The number of aryl methyl sites for hydroxylation is 1. The number of anilines is 2. The first-order valence-electron chi connectivity index (χ1n) is 9.33. The summed E-state index contributed by atoms with van der Waals surface area (Å²) in [6.07, 6.45) is 5.46. The van der Waals surface area contributed by atoms with E-state index in [9.17, 15) is 13.2 Å². The van der Waals surface area contributed by atoms with Gasteiger partial charge >= 0.3 is 0 Å². The van der Waals surface area contributed by atoms with Crippen LogP contribution in [-0.4, -0.2) is 40.3 Å². The first kappa shape index (κ1) is 20.5. The van der Waals surface area contributed by atoms with E-state index in [0.29, 0.717) is 16.9 Å². The lowest BCUT2D eigenvalue weighted by Gasteiger charge is -2.22. The lowest BCUT2D eigenvalue weighted by molar-refractivity contribution is 0.0983. The van der Waals surface area contributed by atoms with Gasteiger partial charge in [0.15, 0.2) is 15.7 Å². The molecule has 9 nitrogen and oxygen atoms in total. The van der Waals surface area contributed by atoms with Gasteiger partial charge in [0.05, 0.1) is 17.6 Å². The Balaban J connectivity index is 1.83. The number of nitrogens with zero attached hydrogens (tertiary/aromatic N) is 5. The normalized spacial score (nSPS) is 11.5. The largest absolute Gasteiger partial charge is 0.384 e. The minimum atomic E-state index is -3.63. The minimum Gasteiger partial charge on any atom is -0.384 e. The Morgan fingerprint density at radius 3 is 2.68 bits per heavy atom. The number of carbonyl (C=O) groups excluding carboxylic acids is 1. The van der Waals surface area contributed by atoms with Crippen LogP contribution in [0.15, 0.2) is 66.0 Å². The number of carbonyl (C=O) groups is 1. The number of fused-ring (bicyclic) bond motifs is 1. The van der Waals surface area contributed by atoms with E-state index in [1.807, 2.05) is 24.3 Å². The second kappa shape index (κ2) is 7.80. The lowest BCUT2D eigenvalue weighted by Crippen LogP contribution is -2.32. The molecule has 0 spiro atoms. The van der Waals surface area contributed by atoms with Gasteiger partial charge < -0.3 is 5.73 Å². The van der Waals surface area contributed by atoms with Crippen LogP contribution in [0.2, 0.25) is 0 Å². The average molecular weight is 436 g/mol. The Morgan fingerprint density at radius 2 is 1.97 bits per heavy atom. The molecule has 1 amide bonds. The molecule has 0 unspecified atom stereocenters. The highest BCUT2D eigenvalue weighted by Gasteiger charge is 2.28. The van der Waals surface area contributed by atoms with Gasteiger partial charge in [-0.2, -0.15) is 5.10 Å². The Labute approximate surface area is 179 Å². The van der Waals surface area contributed by atoms with E-state index in [-0.39, 0.29) is 17.3 Å². The summed E-state index contributed by atoms with van der Waals surface area (Å²) in [5.41, 5.74) is 7.53. The smallest absolute Gasteiger partial charge is 0.261 e. The van der Waals surface area contributed by atoms with Gasteiger partial charge in [-0.1, -0.05) is 12.1 Å². The van der Waals surface area contributed by atoms with E-state index in [2.05, 4.69) is 15.1 Å². The highest BCUT2D eigenvalue weighted by molar-refractivity contribution is 7.90. The number of rotatable bonds is 5. The maximum absolute atomic E-state index is 13.4. The van der Waals surface area contributed by atoms with Crippen LogP contribution in [0.25, 0.3) is 10.9 Å². The molecule has 4 rings (SSSR count). The standard InChI is InChI=1S/C21H20N6O3S/c1-26-13-18(31(2,29)30)20(25-26)27(21(28)16-4-3-9-23-11-16)12-14-5-6-15-7-8-19(22)24-17(15)10-14/h3-11,13H,12H2,1-2H3,(H2,22,24). The maximum Gasteiger partial charge on any atom is 0.261 e. The van der Waals surface area contributed by atoms with Crippen molar-refractivity contribution in [1.29, 1.82) is 0 Å². The molecule has 0 saturated carbocycles. The Hall–Kier alpha value is -3.79. The summed E-state index contributed by atoms with van der Waals surface area (Å²) in [5, 5.41) is 5.18. The number of sulfone groups is 1. The fourth-order valence-corrected chi connectivity index (χ4v) is 4.08. The van der Waals surface area contributed by atoms with Crippen LogP contribution in [0.3, 0.4) is 0 Å². The SMILES string of the molecule is Cn1cc(S(C)(=O)=O)c(N(Cc2ccc3ccc(N)nc3c2)C(=O)c2cccnc2)n1. The fraction of sp³-hybridized carbons (Fsp3) is 0.143. The van der Waals surface area contributed by atoms with Crippen molar-refractivity contribution >= 4 is 38.3 Å². The Morgan fingerprint density at radius 1 is 1.19 bits per heavy atom. The van der Waals surface area contributed by atoms with Crippen molar-refractivity contribution in [2.45, 2.75) is 11.4 Å². The highest BCUT2D eigenvalue weighted by atomic mass is 32.2. The molecule has 158 valence electrons. The third-order valence-electron chi connectivity index (χ3n) is 4.70. The zero-order valence-electron chi connectivity index (χ0n) is 16.9. The topological polar surface area (TPSA) is 124 Å². The van der Waals surface area contributed by atoms with E-state index in [4.69, 9.17) is 5.73 Å². The zero-order valence-corrected chi connectivity index (χ0v) is 17.7. The highest BCUT2D eigenvalue weighted by Crippen LogP contribution is 2.27. The molecule has 0 bridgehead atoms. The molecular formula is C21H20N6O3S. The van der Waals surface area contributed by atoms with E-state index < -0.39 is 15.7 Å². The minimum absolute atomic E-state index is 0.0320. The average Bonchev–Trinajstić information content (AvgIpc) is 3.14. The van der Waals surface area contributed by atoms with Gasteiger partial charge in [0.1, 0.15) is 10.7 Å². The number of nitrogens with two attached hydrogens (primary N) is 1. The van der Waals surface area contributed by atoms with Crippen molar-refractivity contribution in [1.82, 2.24) is 19.7 Å². The van der Waals surface area contributed by atoms with Crippen molar-refractivity contribution in [2.75, 3.05) is 16.9 Å². The monoisotopic (exact) mass is 436 g/mol. The number of amides is 1. The molecular weight excluding hydrogens is 416 g/mol. The van der Waals surface area contributed by atoms with E-state index in [0.717, 1.165) is 17.2 Å². The molecule has 0 aliphatic carbocycles. The maximum atomic E-state index is 13.4. The van der Waals surface area contributed by atoms with Crippen molar-refractivity contribution in [2.24, 2.45) is 7.05 Å². The van der Waals surface area contributed by atoms with E-state index in [1.165, 1.54) is 22.0 Å². The summed E-state index contributed by atoms with van der Waals surface area (Å²) in [5.74, 6) is 0.0221. The molecule has 0 aliphatic heterocycles. The Bertz CT molecular complexity index is 1380. The molecule has 0 fully saturated rings. The van der Waals surface area contributed by atoms with Gasteiger partial charge in [0, 0.05) is 37.3 Å². The second-order valence-electron chi connectivity index (χ2n) is 7.16. The summed E-state index contributed by atoms with van der Waals surface area (Å²) >= 11 is 0. The lowest BCUT2D eigenvalue weighted by atomic mass is 10.1. The molecule has 31 heavy (non-hydrogen) atoms. The quantitative estimate of drug-likeness (QED) is 0.508. The van der Waals surface area contributed by atoms with Crippen LogP contribution in [0.5, 0.6) is 0 Å². The van der Waals surface area contributed by atoms with Gasteiger partial charge in [-0.25, -0.2) is 13.4 Å². The van der Waals surface area contributed by atoms with Crippen LogP contribution < -0.4 is 10.6 Å². The van der Waals surface area contributed by atoms with E-state index >= 15 is 0 Å². The summed E-state index contributed by atoms with van der Waals surface area (Å²) in [4.78, 5) is 23.0. The first-order valence-corrected chi connectivity index (χ1v) is 11.2. The second-order valence-corrected chi connectivity index (χ2v) is 9.14. The zero-order chi connectivity index (χ0) is 22.2. The summed E-state index contributed by atoms with van der Waals surface area (Å²) < 4.78 is 26.1. The van der Waals surface area contributed by atoms with Crippen LogP contribution in [0.4, 0.5) is 11.6 Å². The molecule has 2 N–H and O–H groups in total. The number of nitrogen functional groups attached to an aromatic ring is 1. The summed E-state index contributed by atoms with van der Waals surface area (Å²) in [6, 6.07) is 12.4. The molecule has 0 aliphatic rings. The molecule has 3 aromatic heterocycles.